The molecular formula is C9H12Cl3N3. The minimum absolute atomic E-state index is 0. The Morgan fingerprint density at radius 3 is 2.13 bits per heavy atom. The first-order chi connectivity index (χ1) is 6.52. The van der Waals surface area contributed by atoms with E-state index in [0.29, 0.717) is 21.7 Å². The number of nitrogens with zero attached hydrogens (tertiary/aromatic N) is 2. The third-order valence-corrected chi connectivity index (χ3v) is 2.23. The van der Waals surface area contributed by atoms with Crippen LogP contribution in [0.4, 0.5) is 5.69 Å². The number of benzene rings is 1. The van der Waals surface area contributed by atoms with Crippen LogP contribution in [0.25, 0.3) is 0 Å². The first-order valence-corrected chi connectivity index (χ1v) is 4.73. The first kappa shape index (κ1) is 14.4. The molecule has 0 bridgehead atoms. The minimum Gasteiger partial charge on any atom is -0.370 e. The molecule has 0 saturated carbocycles. The van der Waals surface area contributed by atoms with E-state index in [0.717, 1.165) is 0 Å². The van der Waals surface area contributed by atoms with Crippen molar-refractivity contribution in [3.05, 3.63) is 28.2 Å². The van der Waals surface area contributed by atoms with Gasteiger partial charge in [-0.05, 0) is 12.1 Å². The van der Waals surface area contributed by atoms with E-state index in [1.165, 1.54) is 0 Å². The molecule has 1 aromatic rings. The maximum atomic E-state index is 5.91. The van der Waals surface area contributed by atoms with Crippen LogP contribution >= 0.6 is 35.6 Å². The van der Waals surface area contributed by atoms with Crippen LogP contribution in [-0.4, -0.2) is 25.0 Å². The second kappa shape index (κ2) is 6.05. The van der Waals surface area contributed by atoms with E-state index in [-0.39, 0.29) is 12.4 Å². The summed E-state index contributed by atoms with van der Waals surface area (Å²) >= 11 is 11.8. The summed E-state index contributed by atoms with van der Waals surface area (Å²) in [6.45, 7) is 0. The highest BCUT2D eigenvalue weighted by molar-refractivity contribution is 6.38. The number of rotatable bonds is 1. The molecule has 0 amide bonds. The van der Waals surface area contributed by atoms with E-state index >= 15 is 0 Å². The Morgan fingerprint density at radius 2 is 1.73 bits per heavy atom. The third kappa shape index (κ3) is 3.78. The number of nitrogens with two attached hydrogens (primary N) is 1. The molecule has 0 atom stereocenters. The van der Waals surface area contributed by atoms with Crippen LogP contribution in [0.2, 0.25) is 10.0 Å². The standard InChI is InChI=1S/C9H11Cl2N3.ClH/c1-14(2)9(12)13-8-6(10)4-3-5-7(8)11;/h3-5H,1-2H3,(H2,12,13);1H. The van der Waals surface area contributed by atoms with Crippen LogP contribution < -0.4 is 5.73 Å². The fraction of sp³-hybridized carbons (Fsp3) is 0.222. The molecule has 0 heterocycles. The summed E-state index contributed by atoms with van der Waals surface area (Å²) in [5.41, 5.74) is 6.15. The van der Waals surface area contributed by atoms with E-state index in [4.69, 9.17) is 28.9 Å². The summed E-state index contributed by atoms with van der Waals surface area (Å²) in [5.74, 6) is 0.361. The van der Waals surface area contributed by atoms with Crippen molar-refractivity contribution < 1.29 is 0 Å². The fourth-order valence-corrected chi connectivity index (χ4v) is 1.29. The predicted octanol–water partition coefficient (Wildman–Crippen LogP) is 2.92. The van der Waals surface area contributed by atoms with Crippen LogP contribution in [0.15, 0.2) is 23.2 Å². The van der Waals surface area contributed by atoms with Gasteiger partial charge >= 0.3 is 0 Å². The summed E-state index contributed by atoms with van der Waals surface area (Å²) in [6, 6.07) is 5.19. The maximum Gasteiger partial charge on any atom is 0.196 e. The molecule has 1 aromatic carbocycles. The Balaban J connectivity index is 0.00000196. The first-order valence-electron chi connectivity index (χ1n) is 3.98. The molecule has 15 heavy (non-hydrogen) atoms. The zero-order valence-corrected chi connectivity index (χ0v) is 10.7. The Hall–Kier alpha value is -0.640. The highest BCUT2D eigenvalue weighted by Gasteiger charge is 2.05. The van der Waals surface area contributed by atoms with Crippen molar-refractivity contribution in [3.8, 4) is 0 Å². The SMILES string of the molecule is CN(C)C(N)=Nc1c(Cl)cccc1Cl.Cl. The second-order valence-corrected chi connectivity index (χ2v) is 3.75. The Labute approximate surface area is 105 Å². The van der Waals surface area contributed by atoms with Crippen LogP contribution in [-0.2, 0) is 0 Å². The Kier molecular flexibility index (Phi) is 5.80. The molecule has 1 rings (SSSR count). The lowest BCUT2D eigenvalue weighted by molar-refractivity contribution is 0.615. The van der Waals surface area contributed by atoms with Crippen molar-refractivity contribution in [2.45, 2.75) is 0 Å². The number of guanidine groups is 1. The van der Waals surface area contributed by atoms with E-state index in [9.17, 15) is 0 Å². The van der Waals surface area contributed by atoms with Crippen molar-refractivity contribution in [2.24, 2.45) is 10.7 Å². The van der Waals surface area contributed by atoms with Gasteiger partial charge in [-0.2, -0.15) is 0 Å². The Morgan fingerprint density at radius 1 is 1.27 bits per heavy atom. The third-order valence-electron chi connectivity index (χ3n) is 1.62. The Bertz CT molecular complexity index is 343. The molecule has 6 heteroatoms. The van der Waals surface area contributed by atoms with Crippen molar-refractivity contribution in [3.63, 3.8) is 0 Å². The van der Waals surface area contributed by atoms with E-state index in [2.05, 4.69) is 4.99 Å². The number of hydrogen-bond donors (Lipinski definition) is 1. The number of hydrogen-bond acceptors (Lipinski definition) is 1. The van der Waals surface area contributed by atoms with E-state index < -0.39 is 0 Å². The van der Waals surface area contributed by atoms with Gasteiger partial charge in [-0.3, -0.25) is 0 Å². The molecule has 84 valence electrons. The zero-order valence-electron chi connectivity index (χ0n) is 8.37. The molecule has 0 aliphatic carbocycles. The molecule has 3 nitrogen and oxygen atoms in total. The van der Waals surface area contributed by atoms with Crippen LogP contribution in [0.5, 0.6) is 0 Å². The van der Waals surface area contributed by atoms with Crippen LogP contribution in [0, 0.1) is 0 Å². The summed E-state index contributed by atoms with van der Waals surface area (Å²) in [5, 5.41) is 0.976. The van der Waals surface area contributed by atoms with Crippen LogP contribution in [0.1, 0.15) is 0 Å². The highest BCUT2D eigenvalue weighted by atomic mass is 35.5. The summed E-state index contributed by atoms with van der Waals surface area (Å²) in [6.07, 6.45) is 0. The summed E-state index contributed by atoms with van der Waals surface area (Å²) in [7, 11) is 3.59. The zero-order chi connectivity index (χ0) is 10.7. The number of para-hydroxylation sites is 1. The van der Waals surface area contributed by atoms with Gasteiger partial charge in [0.15, 0.2) is 5.96 Å². The lowest BCUT2D eigenvalue weighted by Crippen LogP contribution is -2.29. The fourth-order valence-electron chi connectivity index (χ4n) is 0.810. The monoisotopic (exact) mass is 267 g/mol. The van der Waals surface area contributed by atoms with Gasteiger partial charge in [0.2, 0.25) is 0 Å². The van der Waals surface area contributed by atoms with Crippen molar-refractivity contribution in [1.82, 2.24) is 4.90 Å². The maximum absolute atomic E-state index is 5.91. The normalized spacial score (nSPS) is 10.8. The van der Waals surface area contributed by atoms with Crippen molar-refractivity contribution >= 4 is 47.3 Å². The summed E-state index contributed by atoms with van der Waals surface area (Å²) < 4.78 is 0. The van der Waals surface area contributed by atoms with E-state index in [1.54, 1.807) is 37.2 Å². The van der Waals surface area contributed by atoms with Gasteiger partial charge < -0.3 is 10.6 Å². The molecule has 0 radical (unpaired) electrons. The predicted molar refractivity (Wildman–Crippen MR) is 68.7 cm³/mol. The van der Waals surface area contributed by atoms with Crippen molar-refractivity contribution in [1.29, 1.82) is 0 Å². The molecular weight excluding hydrogens is 256 g/mol. The molecule has 2 N–H and O–H groups in total. The molecule has 0 fully saturated rings. The molecule has 0 saturated heterocycles. The molecule has 0 aliphatic rings. The quantitative estimate of drug-likeness (QED) is 0.628. The van der Waals surface area contributed by atoms with Gasteiger partial charge in [0.05, 0.1) is 10.0 Å². The number of aliphatic imine (C=N–C) groups is 1. The topological polar surface area (TPSA) is 41.6 Å². The van der Waals surface area contributed by atoms with Gasteiger partial charge in [0.25, 0.3) is 0 Å². The second-order valence-electron chi connectivity index (χ2n) is 2.93. The average molecular weight is 269 g/mol. The van der Waals surface area contributed by atoms with Gasteiger partial charge in [0.1, 0.15) is 5.69 Å². The highest BCUT2D eigenvalue weighted by Crippen LogP contribution is 2.32. The number of halogens is 3. The van der Waals surface area contributed by atoms with Crippen LogP contribution in [0.3, 0.4) is 0 Å². The van der Waals surface area contributed by atoms with Gasteiger partial charge in [-0.1, -0.05) is 29.3 Å². The lowest BCUT2D eigenvalue weighted by Gasteiger charge is -2.11. The molecule has 0 unspecified atom stereocenters. The minimum atomic E-state index is 0. The van der Waals surface area contributed by atoms with Gasteiger partial charge in [-0.15, -0.1) is 12.4 Å². The lowest BCUT2D eigenvalue weighted by atomic mass is 10.3. The largest absolute Gasteiger partial charge is 0.370 e. The van der Waals surface area contributed by atoms with E-state index in [1.807, 2.05) is 0 Å². The van der Waals surface area contributed by atoms with Gasteiger partial charge in [-0.25, -0.2) is 4.99 Å². The van der Waals surface area contributed by atoms with Gasteiger partial charge in [0, 0.05) is 14.1 Å². The average Bonchev–Trinajstić information content (AvgIpc) is 2.11. The van der Waals surface area contributed by atoms with Crippen molar-refractivity contribution in [2.75, 3.05) is 14.1 Å². The summed E-state index contributed by atoms with van der Waals surface area (Å²) in [4.78, 5) is 5.79. The smallest absolute Gasteiger partial charge is 0.196 e. The molecule has 0 aliphatic heterocycles. The molecule has 0 aromatic heterocycles. The molecule has 0 spiro atoms.